The standard InChI is InChI=1S/C11H9BrN2O4/c1-2-18-10(15)5-7-3-8(6-13)11(14(16)17)9(12)4-7/h3-4H,2,5H2,1H3. The van der Waals surface area contributed by atoms with Crippen molar-refractivity contribution in [3.63, 3.8) is 0 Å². The van der Waals surface area contributed by atoms with Gasteiger partial charge in [0.2, 0.25) is 0 Å². The summed E-state index contributed by atoms with van der Waals surface area (Å²) in [6.45, 7) is 1.95. The summed E-state index contributed by atoms with van der Waals surface area (Å²) in [5.41, 5.74) is 0.0984. The quantitative estimate of drug-likeness (QED) is 0.483. The third-order valence-corrected chi connectivity index (χ3v) is 2.68. The van der Waals surface area contributed by atoms with Crippen LogP contribution in [0.15, 0.2) is 16.6 Å². The van der Waals surface area contributed by atoms with E-state index in [4.69, 9.17) is 10.00 Å². The molecule has 1 rings (SSSR count). The Bertz CT molecular complexity index is 537. The van der Waals surface area contributed by atoms with Gasteiger partial charge in [-0.05, 0) is 40.5 Å². The van der Waals surface area contributed by atoms with Crippen molar-refractivity contribution < 1.29 is 14.5 Å². The number of nitro groups is 1. The summed E-state index contributed by atoms with van der Waals surface area (Å²) in [4.78, 5) is 21.4. The van der Waals surface area contributed by atoms with Gasteiger partial charge >= 0.3 is 11.7 Å². The fourth-order valence-corrected chi connectivity index (χ4v) is 2.06. The van der Waals surface area contributed by atoms with Crippen LogP contribution in [0.25, 0.3) is 0 Å². The molecule has 0 saturated heterocycles. The first-order valence-electron chi connectivity index (χ1n) is 5.02. The fraction of sp³-hybridized carbons (Fsp3) is 0.273. The van der Waals surface area contributed by atoms with Crippen LogP contribution in [-0.2, 0) is 16.0 Å². The first-order valence-corrected chi connectivity index (χ1v) is 5.81. The molecule has 0 bridgehead atoms. The van der Waals surface area contributed by atoms with Crippen LogP contribution < -0.4 is 0 Å². The number of nitro benzene ring substituents is 1. The normalized spacial score (nSPS) is 9.61. The topological polar surface area (TPSA) is 93.2 Å². The van der Waals surface area contributed by atoms with Crippen molar-refractivity contribution in [2.45, 2.75) is 13.3 Å². The number of carbonyl (C=O) groups is 1. The number of nitrogens with zero attached hydrogens (tertiary/aromatic N) is 2. The van der Waals surface area contributed by atoms with E-state index in [9.17, 15) is 14.9 Å². The summed E-state index contributed by atoms with van der Waals surface area (Å²) in [6.07, 6.45) is -0.0287. The van der Waals surface area contributed by atoms with Gasteiger partial charge in [-0.3, -0.25) is 14.9 Å². The Labute approximate surface area is 111 Å². The Balaban J connectivity index is 3.12. The highest BCUT2D eigenvalue weighted by Crippen LogP contribution is 2.30. The van der Waals surface area contributed by atoms with E-state index in [0.717, 1.165) is 0 Å². The maximum absolute atomic E-state index is 11.3. The molecule has 0 aliphatic rings. The molecule has 0 saturated carbocycles. The molecule has 0 aliphatic carbocycles. The molecule has 0 aromatic heterocycles. The molecular formula is C11H9BrN2O4. The molecule has 0 fully saturated rings. The Kier molecular flexibility index (Phi) is 4.80. The predicted molar refractivity (Wildman–Crippen MR) is 65.8 cm³/mol. The highest BCUT2D eigenvalue weighted by Gasteiger charge is 2.20. The third-order valence-electron chi connectivity index (χ3n) is 2.08. The maximum atomic E-state index is 11.3. The van der Waals surface area contributed by atoms with Gasteiger partial charge in [0, 0.05) is 0 Å². The highest BCUT2D eigenvalue weighted by atomic mass is 79.9. The summed E-state index contributed by atoms with van der Waals surface area (Å²) in [5.74, 6) is -0.442. The molecule has 0 atom stereocenters. The minimum absolute atomic E-state index is 0.0287. The molecule has 6 nitrogen and oxygen atoms in total. The molecule has 0 N–H and O–H groups in total. The van der Waals surface area contributed by atoms with E-state index >= 15 is 0 Å². The molecule has 0 radical (unpaired) electrons. The summed E-state index contributed by atoms with van der Waals surface area (Å²) in [7, 11) is 0. The Hall–Kier alpha value is -1.94. The van der Waals surface area contributed by atoms with E-state index < -0.39 is 10.9 Å². The van der Waals surface area contributed by atoms with Crippen molar-refractivity contribution in [1.82, 2.24) is 0 Å². The lowest BCUT2D eigenvalue weighted by Gasteiger charge is -2.04. The molecule has 0 aliphatic heterocycles. The SMILES string of the molecule is CCOC(=O)Cc1cc(Br)c([N+](=O)[O-])c(C#N)c1. The molecule has 0 amide bonds. The second kappa shape index (κ2) is 6.12. The minimum Gasteiger partial charge on any atom is -0.466 e. The molecule has 94 valence electrons. The monoisotopic (exact) mass is 312 g/mol. The maximum Gasteiger partial charge on any atom is 0.310 e. The van der Waals surface area contributed by atoms with E-state index in [2.05, 4.69) is 15.9 Å². The van der Waals surface area contributed by atoms with Crippen LogP contribution >= 0.6 is 15.9 Å². The van der Waals surface area contributed by atoms with Crippen molar-refractivity contribution >= 4 is 27.6 Å². The molecular weight excluding hydrogens is 304 g/mol. The van der Waals surface area contributed by atoms with Crippen LogP contribution in [0.2, 0.25) is 0 Å². The minimum atomic E-state index is -0.642. The lowest BCUT2D eigenvalue weighted by Crippen LogP contribution is -2.08. The summed E-state index contributed by atoms with van der Waals surface area (Å²) >= 11 is 3.02. The van der Waals surface area contributed by atoms with Gasteiger partial charge in [-0.15, -0.1) is 0 Å². The second-order valence-corrected chi connectivity index (χ2v) is 4.18. The zero-order valence-electron chi connectivity index (χ0n) is 9.47. The first kappa shape index (κ1) is 14.1. The van der Waals surface area contributed by atoms with Crippen LogP contribution in [0.4, 0.5) is 5.69 Å². The average molecular weight is 313 g/mol. The van der Waals surface area contributed by atoms with Crippen LogP contribution in [-0.4, -0.2) is 17.5 Å². The van der Waals surface area contributed by atoms with E-state index in [0.29, 0.717) is 5.56 Å². The second-order valence-electron chi connectivity index (χ2n) is 3.32. The van der Waals surface area contributed by atoms with Gasteiger partial charge in [-0.25, -0.2) is 0 Å². The summed E-state index contributed by atoms with van der Waals surface area (Å²) in [5, 5.41) is 19.6. The van der Waals surface area contributed by atoms with Crippen molar-refractivity contribution in [3.05, 3.63) is 37.8 Å². The van der Waals surface area contributed by atoms with Gasteiger partial charge < -0.3 is 4.74 Å². The van der Waals surface area contributed by atoms with E-state index in [1.807, 2.05) is 0 Å². The van der Waals surface area contributed by atoms with E-state index in [1.54, 1.807) is 13.0 Å². The Morgan fingerprint density at radius 3 is 2.78 bits per heavy atom. The third kappa shape index (κ3) is 3.28. The number of rotatable bonds is 4. The number of benzene rings is 1. The van der Waals surface area contributed by atoms with Crippen molar-refractivity contribution in [2.24, 2.45) is 0 Å². The van der Waals surface area contributed by atoms with Crippen LogP contribution in [0.1, 0.15) is 18.1 Å². The highest BCUT2D eigenvalue weighted by molar-refractivity contribution is 9.10. The van der Waals surface area contributed by atoms with Gasteiger partial charge in [0.25, 0.3) is 0 Å². The zero-order chi connectivity index (χ0) is 13.7. The molecule has 7 heteroatoms. The fourth-order valence-electron chi connectivity index (χ4n) is 1.41. The van der Waals surface area contributed by atoms with Crippen LogP contribution in [0, 0.1) is 21.4 Å². The molecule has 0 unspecified atom stereocenters. The number of esters is 1. The largest absolute Gasteiger partial charge is 0.466 e. The van der Waals surface area contributed by atoms with Gasteiger partial charge in [0.1, 0.15) is 11.6 Å². The molecule has 1 aromatic rings. The number of hydrogen-bond acceptors (Lipinski definition) is 5. The van der Waals surface area contributed by atoms with E-state index in [1.165, 1.54) is 12.1 Å². The lowest BCUT2D eigenvalue weighted by atomic mass is 10.1. The lowest BCUT2D eigenvalue weighted by molar-refractivity contribution is -0.386. The molecule has 1 aromatic carbocycles. The molecule has 18 heavy (non-hydrogen) atoms. The average Bonchev–Trinajstić information content (AvgIpc) is 2.27. The van der Waals surface area contributed by atoms with Gasteiger partial charge in [-0.1, -0.05) is 0 Å². The number of nitriles is 1. The number of ether oxygens (including phenoxy) is 1. The van der Waals surface area contributed by atoms with Crippen LogP contribution in [0.3, 0.4) is 0 Å². The number of carbonyl (C=O) groups excluding carboxylic acids is 1. The Morgan fingerprint density at radius 2 is 2.28 bits per heavy atom. The number of halogens is 1. The number of hydrogen-bond donors (Lipinski definition) is 0. The summed E-state index contributed by atoms with van der Waals surface area (Å²) in [6, 6.07) is 4.50. The molecule has 0 heterocycles. The predicted octanol–water partition coefficient (Wildman–Crippen LogP) is 2.33. The van der Waals surface area contributed by atoms with Gasteiger partial charge in [0.15, 0.2) is 0 Å². The van der Waals surface area contributed by atoms with Crippen molar-refractivity contribution in [1.29, 1.82) is 5.26 Å². The van der Waals surface area contributed by atoms with Gasteiger partial charge in [-0.2, -0.15) is 5.26 Å². The zero-order valence-corrected chi connectivity index (χ0v) is 11.1. The van der Waals surface area contributed by atoms with Crippen molar-refractivity contribution in [3.8, 4) is 6.07 Å². The Morgan fingerprint density at radius 1 is 1.61 bits per heavy atom. The van der Waals surface area contributed by atoms with Gasteiger partial charge in [0.05, 0.1) is 22.4 Å². The smallest absolute Gasteiger partial charge is 0.310 e. The van der Waals surface area contributed by atoms with Crippen LogP contribution in [0.5, 0.6) is 0 Å². The first-order chi connectivity index (χ1) is 8.49. The van der Waals surface area contributed by atoms with Crippen molar-refractivity contribution in [2.75, 3.05) is 6.61 Å². The van der Waals surface area contributed by atoms with E-state index in [-0.39, 0.29) is 28.8 Å². The molecule has 0 spiro atoms. The summed E-state index contributed by atoms with van der Waals surface area (Å²) < 4.78 is 4.94.